The SMILES string of the molecule is CC(=O)c1ccc(Oc2ncc(Cl)cc2[N+](=O)[O-])c(Cl)c1. The molecule has 2 rings (SSSR count). The maximum atomic E-state index is 11.2. The smallest absolute Gasteiger partial charge is 0.332 e. The Bertz CT molecular complexity index is 734. The lowest BCUT2D eigenvalue weighted by Gasteiger charge is -2.08. The van der Waals surface area contributed by atoms with Crippen LogP contribution in [0.3, 0.4) is 0 Å². The third kappa shape index (κ3) is 3.48. The fourth-order valence-electron chi connectivity index (χ4n) is 1.53. The summed E-state index contributed by atoms with van der Waals surface area (Å²) in [7, 11) is 0. The van der Waals surface area contributed by atoms with Crippen LogP contribution in [-0.2, 0) is 0 Å². The van der Waals surface area contributed by atoms with Gasteiger partial charge in [0.05, 0.1) is 21.2 Å². The molecule has 8 heteroatoms. The molecule has 0 unspecified atom stereocenters. The van der Waals surface area contributed by atoms with E-state index >= 15 is 0 Å². The number of halogens is 2. The molecule has 108 valence electrons. The Morgan fingerprint density at radius 1 is 1.33 bits per heavy atom. The van der Waals surface area contributed by atoms with Crippen molar-refractivity contribution in [2.24, 2.45) is 0 Å². The van der Waals surface area contributed by atoms with Crippen LogP contribution in [0.5, 0.6) is 11.6 Å². The first-order chi connectivity index (χ1) is 9.88. The van der Waals surface area contributed by atoms with E-state index in [-0.39, 0.29) is 33.1 Å². The number of hydrogen-bond acceptors (Lipinski definition) is 5. The first-order valence-electron chi connectivity index (χ1n) is 5.66. The molecule has 0 aliphatic heterocycles. The van der Waals surface area contributed by atoms with Gasteiger partial charge in [0.1, 0.15) is 5.75 Å². The molecule has 1 aromatic heterocycles. The standard InChI is InChI=1S/C13H8Cl2N2O4/c1-7(18)8-2-3-12(10(15)4-8)21-13-11(17(19)20)5-9(14)6-16-13/h2-6H,1H3. The Labute approximate surface area is 129 Å². The molecule has 0 saturated heterocycles. The van der Waals surface area contributed by atoms with Crippen molar-refractivity contribution in [2.75, 3.05) is 0 Å². The van der Waals surface area contributed by atoms with Crippen LogP contribution in [0.25, 0.3) is 0 Å². The molecular weight excluding hydrogens is 319 g/mol. The third-order valence-electron chi connectivity index (χ3n) is 2.54. The minimum absolute atomic E-state index is 0.118. The summed E-state index contributed by atoms with van der Waals surface area (Å²) < 4.78 is 5.34. The average Bonchev–Trinajstić information content (AvgIpc) is 2.42. The molecule has 0 radical (unpaired) electrons. The highest BCUT2D eigenvalue weighted by Crippen LogP contribution is 2.34. The van der Waals surface area contributed by atoms with Crippen LogP contribution in [0.1, 0.15) is 17.3 Å². The van der Waals surface area contributed by atoms with Gasteiger partial charge in [-0.05, 0) is 25.1 Å². The molecule has 1 heterocycles. The number of nitrogens with zero attached hydrogens (tertiary/aromatic N) is 2. The van der Waals surface area contributed by atoms with Crippen molar-refractivity contribution >= 4 is 34.7 Å². The van der Waals surface area contributed by atoms with E-state index in [1.807, 2.05) is 0 Å². The van der Waals surface area contributed by atoms with Gasteiger partial charge in [-0.3, -0.25) is 14.9 Å². The zero-order valence-electron chi connectivity index (χ0n) is 10.7. The maximum Gasteiger partial charge on any atom is 0.332 e. The van der Waals surface area contributed by atoms with Crippen molar-refractivity contribution in [2.45, 2.75) is 6.92 Å². The minimum Gasteiger partial charge on any atom is -0.432 e. The molecular formula is C13H8Cl2N2O4. The molecule has 21 heavy (non-hydrogen) atoms. The number of ether oxygens (including phenoxy) is 1. The van der Waals surface area contributed by atoms with Gasteiger partial charge in [-0.25, -0.2) is 4.98 Å². The second-order valence-corrected chi connectivity index (χ2v) is 4.88. The second kappa shape index (κ2) is 6.07. The molecule has 2 aromatic rings. The number of pyridine rings is 1. The van der Waals surface area contributed by atoms with Crippen LogP contribution in [0.4, 0.5) is 5.69 Å². The first-order valence-corrected chi connectivity index (χ1v) is 6.42. The number of benzene rings is 1. The van der Waals surface area contributed by atoms with Gasteiger partial charge in [0.25, 0.3) is 5.88 Å². The molecule has 0 fully saturated rings. The van der Waals surface area contributed by atoms with E-state index in [0.29, 0.717) is 5.56 Å². The number of nitro groups is 1. The molecule has 0 amide bonds. The van der Waals surface area contributed by atoms with Gasteiger partial charge in [-0.1, -0.05) is 23.2 Å². The molecule has 0 aliphatic carbocycles. The Kier molecular flexibility index (Phi) is 4.40. The number of rotatable bonds is 4. The van der Waals surface area contributed by atoms with Gasteiger partial charge >= 0.3 is 5.69 Å². The van der Waals surface area contributed by atoms with Crippen LogP contribution in [0.2, 0.25) is 10.0 Å². The predicted octanol–water partition coefficient (Wildman–Crippen LogP) is 4.29. The van der Waals surface area contributed by atoms with Crippen LogP contribution in [-0.4, -0.2) is 15.7 Å². The van der Waals surface area contributed by atoms with Crippen molar-refractivity contribution < 1.29 is 14.5 Å². The largest absolute Gasteiger partial charge is 0.432 e. The molecule has 6 nitrogen and oxygen atoms in total. The number of hydrogen-bond donors (Lipinski definition) is 0. The molecule has 0 aliphatic rings. The molecule has 1 aromatic carbocycles. The van der Waals surface area contributed by atoms with Gasteiger partial charge < -0.3 is 4.74 Å². The van der Waals surface area contributed by atoms with Crippen molar-refractivity contribution in [3.63, 3.8) is 0 Å². The minimum atomic E-state index is -0.661. The normalized spacial score (nSPS) is 10.2. The number of carbonyl (C=O) groups excluding carboxylic acids is 1. The van der Waals surface area contributed by atoms with E-state index in [1.165, 1.54) is 31.3 Å². The molecule has 0 N–H and O–H groups in total. The summed E-state index contributed by atoms with van der Waals surface area (Å²) in [6, 6.07) is 5.49. The highest BCUT2D eigenvalue weighted by atomic mass is 35.5. The lowest BCUT2D eigenvalue weighted by Crippen LogP contribution is -1.97. The Morgan fingerprint density at radius 3 is 2.62 bits per heavy atom. The summed E-state index contributed by atoms with van der Waals surface area (Å²) in [4.78, 5) is 25.3. The second-order valence-electron chi connectivity index (χ2n) is 4.04. The van der Waals surface area contributed by atoms with Gasteiger partial charge in [-0.2, -0.15) is 0 Å². The van der Waals surface area contributed by atoms with Crippen molar-refractivity contribution in [3.05, 3.63) is 56.2 Å². The summed E-state index contributed by atoms with van der Waals surface area (Å²) in [5, 5.41) is 11.2. The van der Waals surface area contributed by atoms with Crippen molar-refractivity contribution in [1.29, 1.82) is 0 Å². The highest BCUT2D eigenvalue weighted by molar-refractivity contribution is 6.32. The first kappa shape index (κ1) is 15.2. The number of ketones is 1. The Balaban J connectivity index is 2.39. The van der Waals surface area contributed by atoms with Gasteiger partial charge in [0.15, 0.2) is 5.78 Å². The molecule has 0 atom stereocenters. The van der Waals surface area contributed by atoms with Gasteiger partial charge in [0.2, 0.25) is 0 Å². The summed E-state index contributed by atoms with van der Waals surface area (Å²) >= 11 is 11.7. The number of carbonyl (C=O) groups is 1. The maximum absolute atomic E-state index is 11.2. The monoisotopic (exact) mass is 326 g/mol. The van der Waals surface area contributed by atoms with E-state index in [9.17, 15) is 14.9 Å². The quantitative estimate of drug-likeness (QED) is 0.475. The molecule has 0 saturated carbocycles. The zero-order valence-corrected chi connectivity index (χ0v) is 12.2. The van der Waals surface area contributed by atoms with Crippen molar-refractivity contribution in [1.82, 2.24) is 4.98 Å². The van der Waals surface area contributed by atoms with Crippen LogP contribution >= 0.6 is 23.2 Å². The van der Waals surface area contributed by atoms with Crippen LogP contribution in [0, 0.1) is 10.1 Å². The summed E-state index contributed by atoms with van der Waals surface area (Å²) in [6.45, 7) is 1.40. The summed E-state index contributed by atoms with van der Waals surface area (Å²) in [5.74, 6) is -0.236. The van der Waals surface area contributed by atoms with E-state index in [1.54, 1.807) is 0 Å². The predicted molar refractivity (Wildman–Crippen MR) is 77.4 cm³/mol. The average molecular weight is 327 g/mol. The lowest BCUT2D eigenvalue weighted by molar-refractivity contribution is -0.386. The number of Topliss-reactive ketones (excluding diaryl/α,β-unsaturated/α-hetero) is 1. The fourth-order valence-corrected chi connectivity index (χ4v) is 1.90. The van der Waals surface area contributed by atoms with E-state index in [0.717, 1.165) is 6.07 Å². The molecule has 0 spiro atoms. The third-order valence-corrected chi connectivity index (χ3v) is 3.04. The number of aromatic nitrogens is 1. The fraction of sp³-hybridized carbons (Fsp3) is 0.0769. The van der Waals surface area contributed by atoms with Crippen LogP contribution in [0.15, 0.2) is 30.5 Å². The lowest BCUT2D eigenvalue weighted by atomic mass is 10.1. The van der Waals surface area contributed by atoms with Crippen molar-refractivity contribution in [3.8, 4) is 11.6 Å². The van der Waals surface area contributed by atoms with E-state index in [2.05, 4.69) is 4.98 Å². The topological polar surface area (TPSA) is 82.3 Å². The molecule has 0 bridgehead atoms. The van der Waals surface area contributed by atoms with Gasteiger partial charge in [0, 0.05) is 11.6 Å². The Hall–Kier alpha value is -2.18. The Morgan fingerprint density at radius 2 is 2.05 bits per heavy atom. The zero-order chi connectivity index (χ0) is 15.6. The van der Waals surface area contributed by atoms with E-state index in [4.69, 9.17) is 27.9 Å². The van der Waals surface area contributed by atoms with Gasteiger partial charge in [-0.15, -0.1) is 0 Å². The van der Waals surface area contributed by atoms with Crippen LogP contribution < -0.4 is 4.74 Å². The summed E-state index contributed by atoms with van der Waals surface area (Å²) in [6.07, 6.45) is 1.22. The van der Waals surface area contributed by atoms with E-state index < -0.39 is 4.92 Å². The highest BCUT2D eigenvalue weighted by Gasteiger charge is 2.19. The summed E-state index contributed by atoms with van der Waals surface area (Å²) in [5.41, 5.74) is 0.0279.